The van der Waals surface area contributed by atoms with Crippen molar-refractivity contribution in [1.82, 2.24) is 4.57 Å². The summed E-state index contributed by atoms with van der Waals surface area (Å²) in [5.74, 6) is -0.252. The van der Waals surface area contributed by atoms with Crippen LogP contribution < -0.4 is 4.74 Å². The summed E-state index contributed by atoms with van der Waals surface area (Å²) in [5.41, 5.74) is 2.18. The lowest BCUT2D eigenvalue weighted by Crippen LogP contribution is -2.20. The Kier molecular flexibility index (Phi) is 5.93. The van der Waals surface area contributed by atoms with Gasteiger partial charge in [0.15, 0.2) is 13.2 Å². The molecule has 0 N–H and O–H groups in total. The molecule has 0 saturated carbocycles. The predicted molar refractivity (Wildman–Crippen MR) is 98.9 cm³/mol. The zero-order valence-electron chi connectivity index (χ0n) is 15.6. The standard InChI is InChI=1S/C21H20FNO5/c1-14-10-19(15(2)23(14)11-18-4-3-9-26-18)20(24)12-28-21(25)13-27-17-7-5-16(22)6-8-17/h3-10H,11-13H2,1-2H3. The molecule has 3 aromatic rings. The minimum absolute atomic E-state index is 0.297. The Morgan fingerprint density at radius 1 is 1.11 bits per heavy atom. The highest BCUT2D eigenvalue weighted by atomic mass is 19.1. The van der Waals surface area contributed by atoms with Crippen molar-refractivity contribution in [3.8, 4) is 5.75 Å². The Labute approximate surface area is 161 Å². The number of carbonyl (C=O) groups excluding carboxylic acids is 2. The van der Waals surface area contributed by atoms with E-state index >= 15 is 0 Å². The van der Waals surface area contributed by atoms with Crippen molar-refractivity contribution < 1.29 is 27.9 Å². The van der Waals surface area contributed by atoms with Gasteiger partial charge in [0.1, 0.15) is 17.3 Å². The van der Waals surface area contributed by atoms with E-state index in [-0.39, 0.29) is 19.0 Å². The van der Waals surface area contributed by atoms with Gasteiger partial charge in [-0.3, -0.25) is 4.79 Å². The highest BCUT2D eigenvalue weighted by Gasteiger charge is 2.18. The van der Waals surface area contributed by atoms with Crippen LogP contribution in [-0.4, -0.2) is 29.5 Å². The van der Waals surface area contributed by atoms with Crippen LogP contribution in [0.5, 0.6) is 5.75 Å². The van der Waals surface area contributed by atoms with Crippen LogP contribution in [0.4, 0.5) is 4.39 Å². The Morgan fingerprint density at radius 3 is 2.54 bits per heavy atom. The van der Waals surface area contributed by atoms with Crippen molar-refractivity contribution in [3.63, 3.8) is 0 Å². The first kappa shape index (κ1) is 19.4. The van der Waals surface area contributed by atoms with Crippen molar-refractivity contribution in [2.75, 3.05) is 13.2 Å². The lowest BCUT2D eigenvalue weighted by molar-refractivity contribution is -0.144. The van der Waals surface area contributed by atoms with Gasteiger partial charge in [-0.25, -0.2) is 9.18 Å². The summed E-state index contributed by atoms with van der Waals surface area (Å²) >= 11 is 0. The molecule has 28 heavy (non-hydrogen) atoms. The number of nitrogens with zero attached hydrogens (tertiary/aromatic N) is 1. The molecule has 0 atom stereocenters. The van der Waals surface area contributed by atoms with E-state index in [1.54, 1.807) is 12.3 Å². The molecule has 7 heteroatoms. The lowest BCUT2D eigenvalue weighted by Gasteiger charge is -2.08. The lowest BCUT2D eigenvalue weighted by atomic mass is 10.1. The van der Waals surface area contributed by atoms with E-state index < -0.39 is 11.8 Å². The predicted octanol–water partition coefficient (Wildman–Crippen LogP) is 3.69. The SMILES string of the molecule is Cc1cc(C(=O)COC(=O)COc2ccc(F)cc2)c(C)n1Cc1ccco1. The first-order valence-corrected chi connectivity index (χ1v) is 8.70. The number of benzene rings is 1. The zero-order valence-corrected chi connectivity index (χ0v) is 15.6. The average molecular weight is 385 g/mol. The fourth-order valence-corrected chi connectivity index (χ4v) is 2.82. The number of aromatic nitrogens is 1. The minimum atomic E-state index is -0.679. The maximum Gasteiger partial charge on any atom is 0.344 e. The van der Waals surface area contributed by atoms with E-state index in [0.717, 1.165) is 17.1 Å². The molecular weight excluding hydrogens is 365 g/mol. The van der Waals surface area contributed by atoms with Crippen LogP contribution in [0.25, 0.3) is 0 Å². The number of aryl methyl sites for hydroxylation is 1. The second-order valence-electron chi connectivity index (χ2n) is 6.28. The van der Waals surface area contributed by atoms with Gasteiger partial charge in [0, 0.05) is 17.0 Å². The first-order chi connectivity index (χ1) is 13.4. The number of Topliss-reactive ketones (excluding diaryl/α,β-unsaturated/α-hetero) is 1. The van der Waals surface area contributed by atoms with Gasteiger partial charge in [0.05, 0.1) is 12.8 Å². The third kappa shape index (κ3) is 4.68. The first-order valence-electron chi connectivity index (χ1n) is 8.70. The maximum atomic E-state index is 12.8. The number of hydrogen-bond acceptors (Lipinski definition) is 5. The zero-order chi connectivity index (χ0) is 20.1. The molecule has 0 amide bonds. The Morgan fingerprint density at radius 2 is 1.86 bits per heavy atom. The molecule has 0 fully saturated rings. The molecule has 0 bridgehead atoms. The quantitative estimate of drug-likeness (QED) is 0.437. The van der Waals surface area contributed by atoms with Crippen molar-refractivity contribution in [1.29, 1.82) is 0 Å². The molecule has 3 rings (SSSR count). The van der Waals surface area contributed by atoms with Crippen LogP contribution in [0.15, 0.2) is 53.1 Å². The molecule has 2 aromatic heterocycles. The molecule has 6 nitrogen and oxygen atoms in total. The number of rotatable bonds is 8. The maximum absolute atomic E-state index is 12.8. The van der Waals surface area contributed by atoms with Crippen molar-refractivity contribution >= 4 is 11.8 Å². The van der Waals surface area contributed by atoms with Crippen LogP contribution in [0.1, 0.15) is 27.5 Å². The summed E-state index contributed by atoms with van der Waals surface area (Å²) in [7, 11) is 0. The number of esters is 1. The molecule has 146 valence electrons. The van der Waals surface area contributed by atoms with E-state index in [1.807, 2.05) is 30.5 Å². The highest BCUT2D eigenvalue weighted by molar-refractivity contribution is 5.99. The number of carbonyl (C=O) groups is 2. The fourth-order valence-electron chi connectivity index (χ4n) is 2.82. The van der Waals surface area contributed by atoms with Gasteiger partial charge < -0.3 is 18.5 Å². The largest absolute Gasteiger partial charge is 0.482 e. The summed E-state index contributed by atoms with van der Waals surface area (Å²) in [5, 5.41) is 0. The number of ether oxygens (including phenoxy) is 2. The number of ketones is 1. The normalized spacial score (nSPS) is 10.7. The smallest absolute Gasteiger partial charge is 0.344 e. The number of halogens is 1. The second-order valence-corrected chi connectivity index (χ2v) is 6.28. The molecule has 0 aliphatic heterocycles. The van der Waals surface area contributed by atoms with Crippen LogP contribution in [0, 0.1) is 19.7 Å². The Hall–Kier alpha value is -3.35. The van der Waals surface area contributed by atoms with E-state index in [9.17, 15) is 14.0 Å². The molecule has 0 aliphatic rings. The van der Waals surface area contributed by atoms with E-state index in [2.05, 4.69) is 0 Å². The molecular formula is C21H20FNO5. The summed E-state index contributed by atoms with van der Waals surface area (Å²) in [6.07, 6.45) is 1.60. The molecule has 0 radical (unpaired) electrons. The monoisotopic (exact) mass is 385 g/mol. The minimum Gasteiger partial charge on any atom is -0.482 e. The van der Waals surface area contributed by atoms with Crippen LogP contribution in [-0.2, 0) is 16.1 Å². The van der Waals surface area contributed by atoms with Gasteiger partial charge >= 0.3 is 5.97 Å². The molecule has 0 unspecified atom stereocenters. The van der Waals surface area contributed by atoms with Crippen molar-refractivity contribution in [3.05, 3.63) is 77.3 Å². The second kappa shape index (κ2) is 8.56. The van der Waals surface area contributed by atoms with E-state index in [1.165, 1.54) is 24.3 Å². The summed E-state index contributed by atoms with van der Waals surface area (Å²) < 4.78 is 30.4. The third-order valence-electron chi connectivity index (χ3n) is 4.30. The van der Waals surface area contributed by atoms with Crippen molar-refractivity contribution in [2.45, 2.75) is 20.4 Å². The number of hydrogen-bond donors (Lipinski definition) is 0. The van der Waals surface area contributed by atoms with Gasteiger partial charge in [-0.2, -0.15) is 0 Å². The topological polar surface area (TPSA) is 70.7 Å². The third-order valence-corrected chi connectivity index (χ3v) is 4.30. The fraction of sp³-hybridized carbons (Fsp3) is 0.238. The van der Waals surface area contributed by atoms with Crippen molar-refractivity contribution in [2.24, 2.45) is 0 Å². The molecule has 0 saturated heterocycles. The molecule has 0 spiro atoms. The van der Waals surface area contributed by atoms with Crippen LogP contribution in [0.3, 0.4) is 0 Å². The Bertz CT molecular complexity index is 958. The summed E-state index contributed by atoms with van der Waals surface area (Å²) in [6.45, 7) is 3.51. The van der Waals surface area contributed by atoms with Crippen LogP contribution in [0.2, 0.25) is 0 Å². The van der Waals surface area contributed by atoms with Gasteiger partial charge in [-0.1, -0.05) is 0 Å². The van der Waals surface area contributed by atoms with Gasteiger partial charge in [-0.05, 0) is 56.3 Å². The van der Waals surface area contributed by atoms with Gasteiger partial charge in [0.2, 0.25) is 5.78 Å². The highest BCUT2D eigenvalue weighted by Crippen LogP contribution is 2.18. The summed E-state index contributed by atoms with van der Waals surface area (Å²) in [6, 6.07) is 10.7. The molecule has 0 aliphatic carbocycles. The Balaban J connectivity index is 1.54. The number of furan rings is 1. The van der Waals surface area contributed by atoms with Gasteiger partial charge in [0.25, 0.3) is 0 Å². The summed E-state index contributed by atoms with van der Waals surface area (Å²) in [4.78, 5) is 24.2. The van der Waals surface area contributed by atoms with Crippen LogP contribution >= 0.6 is 0 Å². The average Bonchev–Trinajstić information content (AvgIpc) is 3.29. The van der Waals surface area contributed by atoms with E-state index in [0.29, 0.717) is 17.9 Å². The van der Waals surface area contributed by atoms with E-state index in [4.69, 9.17) is 13.9 Å². The van der Waals surface area contributed by atoms with Gasteiger partial charge in [-0.15, -0.1) is 0 Å². The molecule has 2 heterocycles. The molecule has 1 aromatic carbocycles.